The average Bonchev–Trinajstić information content (AvgIpc) is 2.78. The zero-order valence-corrected chi connectivity index (χ0v) is 16.0. The van der Waals surface area contributed by atoms with Crippen LogP contribution >= 0.6 is 0 Å². The van der Waals surface area contributed by atoms with E-state index in [9.17, 15) is 19.1 Å². The minimum atomic E-state index is -1.25. The summed E-state index contributed by atoms with van der Waals surface area (Å²) in [4.78, 5) is 9.89. The van der Waals surface area contributed by atoms with Gasteiger partial charge in [0.1, 0.15) is 35.8 Å². The highest BCUT2D eigenvalue weighted by molar-refractivity contribution is 5.94. The Morgan fingerprint density at radius 3 is 2.84 bits per heavy atom. The van der Waals surface area contributed by atoms with Gasteiger partial charge >= 0.3 is 0 Å². The fourth-order valence-electron chi connectivity index (χ4n) is 3.85. The first-order valence-corrected chi connectivity index (χ1v) is 9.38. The van der Waals surface area contributed by atoms with Crippen molar-refractivity contribution in [2.75, 3.05) is 11.5 Å². The molecule has 1 aromatic carbocycles. The quantitative estimate of drug-likeness (QED) is 0.687. The summed E-state index contributed by atoms with van der Waals surface area (Å²) >= 11 is 0. The number of aromatic nitrogens is 2. The number of halogens is 2. The summed E-state index contributed by atoms with van der Waals surface area (Å²) < 4.78 is 33.7. The van der Waals surface area contributed by atoms with E-state index < -0.39 is 17.9 Å². The zero-order chi connectivity index (χ0) is 21.5. The van der Waals surface area contributed by atoms with Crippen LogP contribution in [0.3, 0.4) is 0 Å². The number of hydrogen-bond acceptors (Lipinski definition) is 6. The standard InChI is InChI=1S/C23H14F2N4O2/c24-13-7-21-22(28-10-13)17-8-16(15-4-1-5-19(25)18(15)9-26)23(30)29(20(17)12-31-21)14-3-2-6-27-11-14/h1-8,10-11,23,30H,12H2. The van der Waals surface area contributed by atoms with E-state index in [4.69, 9.17) is 4.74 Å². The molecule has 0 saturated heterocycles. The maximum atomic E-state index is 14.3. The van der Waals surface area contributed by atoms with Crippen molar-refractivity contribution in [1.29, 1.82) is 5.26 Å². The summed E-state index contributed by atoms with van der Waals surface area (Å²) in [5, 5.41) is 20.8. The lowest BCUT2D eigenvalue weighted by Crippen LogP contribution is -2.41. The van der Waals surface area contributed by atoms with Crippen molar-refractivity contribution in [2.24, 2.45) is 0 Å². The van der Waals surface area contributed by atoms with Crippen LogP contribution in [0.2, 0.25) is 0 Å². The van der Waals surface area contributed by atoms with Crippen molar-refractivity contribution >= 4 is 16.8 Å². The average molecular weight is 416 g/mol. The Kier molecular flexibility index (Phi) is 4.46. The van der Waals surface area contributed by atoms with Crippen molar-refractivity contribution in [3.63, 3.8) is 0 Å². The molecule has 2 aliphatic heterocycles. The number of aliphatic hydroxyl groups excluding tert-OH is 1. The normalized spacial score (nSPS) is 17.3. The van der Waals surface area contributed by atoms with Gasteiger partial charge in [-0.1, -0.05) is 12.1 Å². The van der Waals surface area contributed by atoms with Crippen LogP contribution in [0.5, 0.6) is 5.75 Å². The third-order valence-electron chi connectivity index (χ3n) is 5.22. The number of rotatable bonds is 2. The lowest BCUT2D eigenvalue weighted by atomic mass is 9.90. The van der Waals surface area contributed by atoms with Crippen molar-refractivity contribution in [1.82, 2.24) is 9.97 Å². The van der Waals surface area contributed by atoms with Gasteiger partial charge in [0.2, 0.25) is 0 Å². The van der Waals surface area contributed by atoms with Crippen molar-refractivity contribution in [3.8, 4) is 11.8 Å². The molecule has 3 aromatic rings. The van der Waals surface area contributed by atoms with Gasteiger partial charge in [0, 0.05) is 29.0 Å². The van der Waals surface area contributed by atoms with E-state index in [1.807, 2.05) is 6.07 Å². The zero-order valence-electron chi connectivity index (χ0n) is 16.0. The SMILES string of the molecule is N#Cc1c(F)cccc1C1=CC2=C(COc3cc(F)cnc32)N(c2cccnc2)C1O. The van der Waals surface area contributed by atoms with Crippen molar-refractivity contribution < 1.29 is 18.6 Å². The van der Waals surface area contributed by atoms with Gasteiger partial charge in [-0.25, -0.2) is 13.8 Å². The Hall–Kier alpha value is -4.09. The van der Waals surface area contributed by atoms with Crippen molar-refractivity contribution in [2.45, 2.75) is 6.23 Å². The number of pyridine rings is 2. The smallest absolute Gasteiger partial charge is 0.158 e. The van der Waals surface area contributed by atoms with Gasteiger partial charge in [-0.15, -0.1) is 0 Å². The number of fused-ring (bicyclic) bond motifs is 2. The summed E-state index contributed by atoms with van der Waals surface area (Å²) in [5.41, 5.74) is 2.50. The van der Waals surface area contributed by atoms with Gasteiger partial charge in [0.25, 0.3) is 0 Å². The second-order valence-corrected chi connectivity index (χ2v) is 6.98. The maximum absolute atomic E-state index is 14.3. The number of allylic oxidation sites excluding steroid dienone is 2. The molecule has 31 heavy (non-hydrogen) atoms. The predicted octanol–water partition coefficient (Wildman–Crippen LogP) is 3.65. The van der Waals surface area contributed by atoms with Crippen LogP contribution in [0.4, 0.5) is 14.5 Å². The molecule has 6 nitrogen and oxygen atoms in total. The van der Waals surface area contributed by atoms with Gasteiger partial charge in [-0.3, -0.25) is 4.98 Å². The molecule has 1 unspecified atom stereocenters. The highest BCUT2D eigenvalue weighted by Crippen LogP contribution is 2.43. The topological polar surface area (TPSA) is 82.3 Å². The molecule has 0 aliphatic carbocycles. The predicted molar refractivity (Wildman–Crippen MR) is 108 cm³/mol. The number of nitriles is 1. The largest absolute Gasteiger partial charge is 0.485 e. The molecule has 2 aliphatic rings. The van der Waals surface area contributed by atoms with Crippen LogP contribution < -0.4 is 9.64 Å². The number of anilines is 1. The molecule has 0 bridgehead atoms. The van der Waals surface area contributed by atoms with E-state index in [0.717, 1.165) is 6.20 Å². The molecule has 0 spiro atoms. The first-order valence-electron chi connectivity index (χ1n) is 9.38. The lowest BCUT2D eigenvalue weighted by molar-refractivity contribution is 0.224. The first kappa shape index (κ1) is 18.9. The summed E-state index contributed by atoms with van der Waals surface area (Å²) in [5.74, 6) is -0.964. The van der Waals surface area contributed by atoms with Gasteiger partial charge in [-0.05, 0) is 24.3 Å². The molecule has 0 radical (unpaired) electrons. The molecule has 152 valence electrons. The third-order valence-corrected chi connectivity index (χ3v) is 5.22. The summed E-state index contributed by atoms with van der Waals surface area (Å²) in [6.45, 7) is 0.0530. The molecule has 8 heteroatoms. The summed E-state index contributed by atoms with van der Waals surface area (Å²) in [6.07, 6.45) is 4.65. The van der Waals surface area contributed by atoms with E-state index in [1.54, 1.807) is 41.6 Å². The molecular weight excluding hydrogens is 402 g/mol. The molecule has 5 rings (SSSR count). The van der Waals surface area contributed by atoms with E-state index in [2.05, 4.69) is 9.97 Å². The third kappa shape index (κ3) is 3.03. The molecular formula is C23H14F2N4O2. The monoisotopic (exact) mass is 416 g/mol. The number of benzene rings is 1. The maximum Gasteiger partial charge on any atom is 0.158 e. The Morgan fingerprint density at radius 2 is 2.06 bits per heavy atom. The molecule has 1 atom stereocenters. The summed E-state index contributed by atoms with van der Waals surface area (Å²) in [6, 6.07) is 10.8. The van der Waals surface area contributed by atoms with E-state index in [-0.39, 0.29) is 23.5 Å². The molecule has 0 fully saturated rings. The minimum absolute atomic E-state index is 0.0530. The van der Waals surface area contributed by atoms with Crippen LogP contribution in [0.25, 0.3) is 11.1 Å². The number of ether oxygens (including phenoxy) is 1. The fraction of sp³-hybridized carbons (Fsp3) is 0.0870. The Balaban J connectivity index is 1.78. The van der Waals surface area contributed by atoms with Crippen LogP contribution in [-0.2, 0) is 0 Å². The Morgan fingerprint density at radius 1 is 1.19 bits per heavy atom. The molecule has 2 aromatic heterocycles. The van der Waals surface area contributed by atoms with E-state index in [0.29, 0.717) is 28.2 Å². The second kappa shape index (κ2) is 7.31. The highest BCUT2D eigenvalue weighted by Gasteiger charge is 2.36. The number of aliphatic hydroxyl groups is 1. The Bertz CT molecular complexity index is 1300. The van der Waals surface area contributed by atoms with E-state index >= 15 is 0 Å². The summed E-state index contributed by atoms with van der Waals surface area (Å²) in [7, 11) is 0. The Labute approximate surface area is 176 Å². The van der Waals surface area contributed by atoms with E-state index in [1.165, 1.54) is 18.2 Å². The molecule has 4 heterocycles. The second-order valence-electron chi connectivity index (χ2n) is 6.98. The van der Waals surface area contributed by atoms with Gasteiger partial charge in [0.05, 0.1) is 29.3 Å². The van der Waals surface area contributed by atoms with Gasteiger partial charge in [0.15, 0.2) is 6.23 Å². The number of hydrogen-bond donors (Lipinski definition) is 1. The van der Waals surface area contributed by atoms with Crippen LogP contribution in [0, 0.1) is 23.0 Å². The van der Waals surface area contributed by atoms with Crippen LogP contribution in [0.15, 0.2) is 66.8 Å². The fourth-order valence-corrected chi connectivity index (χ4v) is 3.85. The van der Waals surface area contributed by atoms with Gasteiger partial charge < -0.3 is 14.7 Å². The van der Waals surface area contributed by atoms with Crippen molar-refractivity contribution in [3.05, 3.63) is 95.2 Å². The van der Waals surface area contributed by atoms with Crippen LogP contribution in [0.1, 0.15) is 16.8 Å². The first-order chi connectivity index (χ1) is 15.1. The molecule has 0 amide bonds. The minimum Gasteiger partial charge on any atom is -0.485 e. The lowest BCUT2D eigenvalue weighted by Gasteiger charge is -2.39. The molecule has 1 N–H and O–H groups in total. The van der Waals surface area contributed by atoms with Gasteiger partial charge in [-0.2, -0.15) is 5.26 Å². The molecule has 0 saturated carbocycles. The highest BCUT2D eigenvalue weighted by atomic mass is 19.1. The van der Waals surface area contributed by atoms with Crippen LogP contribution in [-0.4, -0.2) is 27.9 Å². The number of nitrogens with zero attached hydrogens (tertiary/aromatic N) is 4.